The van der Waals surface area contributed by atoms with Crippen molar-refractivity contribution < 1.29 is 14.4 Å². The van der Waals surface area contributed by atoms with Gasteiger partial charge >= 0.3 is 6.03 Å². The summed E-state index contributed by atoms with van der Waals surface area (Å²) in [6, 6.07) is 21.3. The Balaban J connectivity index is 1.92. The van der Waals surface area contributed by atoms with Crippen LogP contribution in [0.1, 0.15) is 34.0 Å². The molecule has 0 aliphatic carbocycles. The number of primary amides is 1. The molecule has 0 bridgehead atoms. The van der Waals surface area contributed by atoms with Crippen molar-refractivity contribution in [1.29, 1.82) is 0 Å². The molecular weight excluding hydrogens is 416 g/mol. The fraction of sp³-hybridized carbons (Fsp3) is 0.115. The Hall–Kier alpha value is -4.39. The summed E-state index contributed by atoms with van der Waals surface area (Å²) in [5.74, 6) is -0.936. The molecule has 4 rings (SSSR count). The zero-order valence-electron chi connectivity index (χ0n) is 18.4. The number of imide groups is 1. The quantitative estimate of drug-likeness (QED) is 0.521. The first kappa shape index (κ1) is 21.8. The van der Waals surface area contributed by atoms with E-state index in [2.05, 4.69) is 10.6 Å². The molecule has 0 radical (unpaired) electrons. The molecule has 1 aliphatic rings. The Morgan fingerprint density at radius 1 is 0.939 bits per heavy atom. The van der Waals surface area contributed by atoms with Crippen LogP contribution in [-0.2, 0) is 11.2 Å². The second-order valence-corrected chi connectivity index (χ2v) is 7.58. The number of carbonyl (C=O) groups excluding carboxylic acids is 3. The predicted molar refractivity (Wildman–Crippen MR) is 130 cm³/mol. The van der Waals surface area contributed by atoms with E-state index in [1.807, 2.05) is 55.5 Å². The Morgan fingerprint density at radius 2 is 1.64 bits per heavy atom. The first-order valence-electron chi connectivity index (χ1n) is 10.6. The second kappa shape index (κ2) is 9.00. The van der Waals surface area contributed by atoms with Gasteiger partial charge in [-0.3, -0.25) is 9.59 Å². The number of aryl methyl sites for hydroxylation is 1. The van der Waals surface area contributed by atoms with Gasteiger partial charge in [0.2, 0.25) is 5.91 Å². The lowest BCUT2D eigenvalue weighted by molar-refractivity contribution is -0.112. The van der Waals surface area contributed by atoms with E-state index in [-0.39, 0.29) is 0 Å². The second-order valence-electron chi connectivity index (χ2n) is 7.58. The third-order valence-corrected chi connectivity index (χ3v) is 5.57. The summed E-state index contributed by atoms with van der Waals surface area (Å²) in [5.41, 5.74) is 10.4. The number of nitrogens with zero attached hydrogens (tertiary/aromatic N) is 1. The van der Waals surface area contributed by atoms with E-state index in [0.717, 1.165) is 17.5 Å². The normalized spacial score (nSPS) is 14.0. The predicted octanol–water partition coefficient (Wildman–Crippen LogP) is 4.01. The van der Waals surface area contributed by atoms with Crippen LogP contribution in [0.4, 0.5) is 16.2 Å². The average molecular weight is 441 g/mol. The highest BCUT2D eigenvalue weighted by molar-refractivity contribution is 6.43. The van der Waals surface area contributed by atoms with Gasteiger partial charge in [0, 0.05) is 23.9 Å². The van der Waals surface area contributed by atoms with Gasteiger partial charge in [-0.05, 0) is 47.9 Å². The van der Waals surface area contributed by atoms with E-state index >= 15 is 0 Å². The maximum Gasteiger partial charge on any atom is 0.328 e. The number of hydrogen-bond donors (Lipinski definition) is 3. The number of nitrogens with two attached hydrogens (primary N) is 1. The molecule has 4 amide bonds. The third kappa shape index (κ3) is 4.08. The van der Waals surface area contributed by atoms with Gasteiger partial charge in [-0.25, -0.2) is 9.69 Å². The minimum atomic E-state index is -0.518. The largest absolute Gasteiger partial charge is 0.366 e. The summed E-state index contributed by atoms with van der Waals surface area (Å²) in [4.78, 5) is 38.9. The van der Waals surface area contributed by atoms with E-state index in [9.17, 15) is 14.4 Å². The van der Waals surface area contributed by atoms with Crippen LogP contribution < -0.4 is 21.3 Å². The van der Waals surface area contributed by atoms with Gasteiger partial charge in [0.05, 0.1) is 17.0 Å². The lowest BCUT2D eigenvalue weighted by atomic mass is 9.98. The van der Waals surface area contributed by atoms with Gasteiger partial charge in [0.25, 0.3) is 5.91 Å². The van der Waals surface area contributed by atoms with Crippen molar-refractivity contribution in [1.82, 2.24) is 5.32 Å². The van der Waals surface area contributed by atoms with E-state index in [1.54, 1.807) is 24.3 Å². The highest BCUT2D eigenvalue weighted by Crippen LogP contribution is 2.41. The van der Waals surface area contributed by atoms with Gasteiger partial charge < -0.3 is 16.4 Å². The number of carbonyl (C=O) groups is 3. The van der Waals surface area contributed by atoms with E-state index in [1.165, 1.54) is 11.9 Å². The lowest BCUT2D eigenvalue weighted by Crippen LogP contribution is -2.40. The van der Waals surface area contributed by atoms with Crippen LogP contribution in [0, 0.1) is 0 Å². The van der Waals surface area contributed by atoms with Gasteiger partial charge in [-0.2, -0.15) is 0 Å². The molecule has 7 nitrogen and oxygen atoms in total. The molecule has 0 unspecified atom stereocenters. The summed E-state index contributed by atoms with van der Waals surface area (Å²) >= 11 is 0. The molecule has 0 atom stereocenters. The molecule has 166 valence electrons. The van der Waals surface area contributed by atoms with Crippen LogP contribution in [0.25, 0.3) is 11.3 Å². The Bertz CT molecular complexity index is 1260. The van der Waals surface area contributed by atoms with Crippen LogP contribution in [-0.4, -0.2) is 24.9 Å². The number of anilines is 2. The van der Waals surface area contributed by atoms with Crippen molar-refractivity contribution in [3.8, 4) is 0 Å². The van der Waals surface area contributed by atoms with Crippen LogP contribution in [0.3, 0.4) is 0 Å². The van der Waals surface area contributed by atoms with Crippen molar-refractivity contribution in [3.63, 3.8) is 0 Å². The molecule has 0 aromatic heterocycles. The Kier molecular flexibility index (Phi) is 5.95. The van der Waals surface area contributed by atoms with Crippen LogP contribution in [0.2, 0.25) is 0 Å². The summed E-state index contributed by atoms with van der Waals surface area (Å²) in [7, 11) is 1.50. The molecule has 3 aromatic rings. The maximum atomic E-state index is 13.6. The summed E-state index contributed by atoms with van der Waals surface area (Å²) < 4.78 is 0. The zero-order valence-corrected chi connectivity index (χ0v) is 18.4. The molecule has 7 heteroatoms. The van der Waals surface area contributed by atoms with Crippen molar-refractivity contribution in [3.05, 3.63) is 95.1 Å². The molecular formula is C26H24N4O3. The zero-order chi connectivity index (χ0) is 23.5. The van der Waals surface area contributed by atoms with Crippen molar-refractivity contribution in [2.45, 2.75) is 13.3 Å². The molecule has 0 fully saturated rings. The van der Waals surface area contributed by atoms with Gasteiger partial charge in [0.1, 0.15) is 0 Å². The number of amides is 4. The fourth-order valence-electron chi connectivity index (χ4n) is 3.83. The molecule has 0 saturated heterocycles. The van der Waals surface area contributed by atoms with Crippen LogP contribution >= 0.6 is 0 Å². The first-order valence-corrected chi connectivity index (χ1v) is 10.6. The lowest BCUT2D eigenvalue weighted by Gasteiger charge is -2.16. The van der Waals surface area contributed by atoms with Crippen molar-refractivity contribution in [2.75, 3.05) is 17.3 Å². The van der Waals surface area contributed by atoms with E-state index in [4.69, 9.17) is 5.73 Å². The van der Waals surface area contributed by atoms with Gasteiger partial charge in [0.15, 0.2) is 0 Å². The highest BCUT2D eigenvalue weighted by Gasteiger charge is 2.38. The standard InChI is InChI=1S/C26H24N4O3/c1-3-16-9-14-20-21(15-16)30(26(33)28-2)25(32)22(20)23(17-7-5-4-6-8-17)29-19-12-10-18(11-13-19)24(27)31/h4-15,29H,3H2,1-2H3,(H2,27,31)(H,28,33). The fourth-order valence-corrected chi connectivity index (χ4v) is 3.83. The van der Waals surface area contributed by atoms with Gasteiger partial charge in [-0.1, -0.05) is 49.4 Å². The number of hydrogen-bond acceptors (Lipinski definition) is 4. The number of rotatable bonds is 5. The van der Waals surface area contributed by atoms with Crippen molar-refractivity contribution in [2.24, 2.45) is 5.73 Å². The number of urea groups is 1. The minimum Gasteiger partial charge on any atom is -0.366 e. The first-order chi connectivity index (χ1) is 15.9. The third-order valence-electron chi connectivity index (χ3n) is 5.57. The number of benzene rings is 3. The number of fused-ring (bicyclic) bond motifs is 1. The molecule has 1 aliphatic heterocycles. The van der Waals surface area contributed by atoms with Crippen molar-refractivity contribution >= 4 is 40.5 Å². The highest BCUT2D eigenvalue weighted by atomic mass is 16.2. The SMILES string of the molecule is CCc1ccc2c(c1)N(C(=O)NC)C(=O)C2=C(Nc1ccc(C(N)=O)cc1)c1ccccc1. The van der Waals surface area contributed by atoms with Crippen LogP contribution in [0.15, 0.2) is 72.8 Å². The summed E-state index contributed by atoms with van der Waals surface area (Å²) in [6.45, 7) is 2.02. The summed E-state index contributed by atoms with van der Waals surface area (Å²) in [5, 5.41) is 5.89. The Labute approximate surface area is 191 Å². The topological polar surface area (TPSA) is 105 Å². The van der Waals surface area contributed by atoms with E-state index in [0.29, 0.717) is 33.8 Å². The molecule has 4 N–H and O–H groups in total. The monoisotopic (exact) mass is 440 g/mol. The molecule has 1 heterocycles. The smallest absolute Gasteiger partial charge is 0.328 e. The van der Waals surface area contributed by atoms with Crippen LogP contribution in [0.5, 0.6) is 0 Å². The molecule has 0 saturated carbocycles. The Morgan fingerprint density at radius 3 is 2.24 bits per heavy atom. The molecule has 0 spiro atoms. The molecule has 33 heavy (non-hydrogen) atoms. The minimum absolute atomic E-state index is 0.384. The van der Waals surface area contributed by atoms with Gasteiger partial charge in [-0.15, -0.1) is 0 Å². The van der Waals surface area contributed by atoms with E-state index < -0.39 is 17.8 Å². The maximum absolute atomic E-state index is 13.6. The number of nitrogens with one attached hydrogen (secondary N) is 2. The molecule has 3 aromatic carbocycles. The summed E-state index contributed by atoms with van der Waals surface area (Å²) in [6.07, 6.45) is 0.776. The average Bonchev–Trinajstić information content (AvgIpc) is 3.13.